The van der Waals surface area contributed by atoms with Gasteiger partial charge in [0.1, 0.15) is 0 Å². The van der Waals surface area contributed by atoms with E-state index in [4.69, 9.17) is 58.0 Å². The fraction of sp³-hybridized carbons (Fsp3) is 0.222. The van der Waals surface area contributed by atoms with E-state index in [9.17, 15) is 0 Å². The van der Waals surface area contributed by atoms with E-state index < -0.39 is 8.25 Å². The molecule has 0 heterocycles. The summed E-state index contributed by atoms with van der Waals surface area (Å²) in [5.74, 6) is 0. The topological polar surface area (TPSA) is 12.4 Å². The molecule has 0 atom stereocenters. The zero-order valence-corrected chi connectivity index (χ0v) is 11.1. The van der Waals surface area contributed by atoms with Crippen molar-refractivity contribution < 1.29 is 0 Å². The van der Waals surface area contributed by atoms with Crippen molar-refractivity contribution in [3.05, 3.63) is 35.9 Å². The molecule has 0 amide bonds. The van der Waals surface area contributed by atoms with Gasteiger partial charge in [-0.3, -0.25) is 4.99 Å². The van der Waals surface area contributed by atoms with Crippen molar-refractivity contribution in [2.45, 2.75) is 8.25 Å². The largest absolute Gasteiger partial charge is 0.254 e. The summed E-state index contributed by atoms with van der Waals surface area (Å²) < 4.78 is -3.67. The molecule has 0 aromatic heterocycles. The van der Waals surface area contributed by atoms with Gasteiger partial charge in [0.15, 0.2) is 0 Å². The van der Waals surface area contributed by atoms with Crippen molar-refractivity contribution in [3.8, 4) is 0 Å². The molecular formula is C9H6Cl5N. The average Bonchev–Trinajstić information content (AvgIpc) is 2.15. The van der Waals surface area contributed by atoms with Crippen LogP contribution in [0.4, 0.5) is 0 Å². The predicted molar refractivity (Wildman–Crippen MR) is 68.8 cm³/mol. The molecular weight excluding hydrogens is 299 g/mol. The van der Waals surface area contributed by atoms with Crippen LogP contribution in [0.2, 0.25) is 0 Å². The number of aliphatic imine (C=N–C) groups is 1. The Bertz CT molecular complexity index is 341. The summed E-state index contributed by atoms with van der Waals surface area (Å²) in [5, 5.41) is 0. The van der Waals surface area contributed by atoms with E-state index in [1.54, 1.807) is 0 Å². The summed E-state index contributed by atoms with van der Waals surface area (Å²) in [4.78, 5) is 3.81. The average molecular weight is 305 g/mol. The monoisotopic (exact) mass is 303 g/mol. The molecule has 6 heteroatoms. The van der Waals surface area contributed by atoms with Crippen LogP contribution in [0.1, 0.15) is 5.56 Å². The molecule has 0 aliphatic carbocycles. The lowest BCUT2D eigenvalue weighted by Gasteiger charge is -2.22. The first kappa shape index (κ1) is 13.4. The van der Waals surface area contributed by atoms with Gasteiger partial charge in [0.2, 0.25) is 3.79 Å². The van der Waals surface area contributed by atoms with Crippen LogP contribution < -0.4 is 0 Å². The Morgan fingerprint density at radius 1 is 0.933 bits per heavy atom. The fourth-order valence-electron chi connectivity index (χ4n) is 0.768. The molecule has 0 bridgehead atoms. The van der Waals surface area contributed by atoms with Gasteiger partial charge >= 0.3 is 0 Å². The van der Waals surface area contributed by atoms with Crippen LogP contribution >= 0.6 is 58.0 Å². The molecule has 1 rings (SSSR count). The van der Waals surface area contributed by atoms with E-state index in [1.807, 2.05) is 30.3 Å². The number of rotatable bonds is 2. The molecule has 1 aromatic carbocycles. The number of halogens is 5. The first-order valence-electron chi connectivity index (χ1n) is 3.88. The van der Waals surface area contributed by atoms with Gasteiger partial charge in [0, 0.05) is 6.21 Å². The first-order valence-corrected chi connectivity index (χ1v) is 5.77. The summed E-state index contributed by atoms with van der Waals surface area (Å²) >= 11 is 28.1. The Kier molecular flexibility index (Phi) is 4.57. The maximum Gasteiger partial charge on any atom is 0.254 e. The molecule has 0 radical (unpaired) electrons. The maximum atomic E-state index is 5.73. The van der Waals surface area contributed by atoms with Crippen molar-refractivity contribution in [2.75, 3.05) is 0 Å². The first-order chi connectivity index (χ1) is 6.83. The van der Waals surface area contributed by atoms with E-state index in [0.717, 1.165) is 5.56 Å². The van der Waals surface area contributed by atoms with Crippen LogP contribution in [-0.2, 0) is 0 Å². The van der Waals surface area contributed by atoms with E-state index >= 15 is 0 Å². The van der Waals surface area contributed by atoms with Crippen LogP contribution in [0.15, 0.2) is 35.3 Å². The number of nitrogens with zero attached hydrogens (tertiary/aromatic N) is 1. The van der Waals surface area contributed by atoms with Gasteiger partial charge in [-0.2, -0.15) is 0 Å². The standard InChI is InChI=1S/C9H6Cl5N/c10-8(11,12)9(13,14)15-6-7-4-2-1-3-5-7/h1-6H/b15-6+. The Labute approximate surface area is 113 Å². The predicted octanol–water partition coefficient (Wildman–Crippen LogP) is 4.61. The van der Waals surface area contributed by atoms with Gasteiger partial charge in [-0.25, -0.2) is 0 Å². The number of hydrogen-bond donors (Lipinski definition) is 0. The highest BCUT2D eigenvalue weighted by atomic mass is 35.6. The van der Waals surface area contributed by atoms with E-state index in [0.29, 0.717) is 0 Å². The third-order valence-corrected chi connectivity index (χ3v) is 3.68. The highest BCUT2D eigenvalue weighted by Crippen LogP contribution is 2.46. The lowest BCUT2D eigenvalue weighted by atomic mass is 10.2. The highest BCUT2D eigenvalue weighted by Gasteiger charge is 2.45. The lowest BCUT2D eigenvalue weighted by molar-refractivity contribution is 0.854. The molecule has 82 valence electrons. The number of alkyl halides is 5. The molecule has 0 aliphatic rings. The fourth-order valence-corrected chi connectivity index (χ4v) is 1.01. The van der Waals surface area contributed by atoms with Gasteiger partial charge in [-0.05, 0) is 5.56 Å². The second-order valence-electron chi connectivity index (χ2n) is 2.71. The number of benzene rings is 1. The Hall–Kier alpha value is 0.340. The van der Waals surface area contributed by atoms with Crippen LogP contribution in [0.25, 0.3) is 0 Å². The summed E-state index contributed by atoms with van der Waals surface area (Å²) in [6.45, 7) is 0. The molecule has 0 unspecified atom stereocenters. The number of hydrogen-bond acceptors (Lipinski definition) is 1. The molecule has 0 saturated carbocycles. The van der Waals surface area contributed by atoms with Crippen LogP contribution in [0, 0.1) is 0 Å². The van der Waals surface area contributed by atoms with Crippen molar-refractivity contribution >= 4 is 64.2 Å². The molecule has 15 heavy (non-hydrogen) atoms. The summed E-state index contributed by atoms with van der Waals surface area (Å²) in [6.07, 6.45) is 1.45. The summed E-state index contributed by atoms with van der Waals surface area (Å²) in [6, 6.07) is 9.22. The second kappa shape index (κ2) is 5.11. The van der Waals surface area contributed by atoms with Crippen molar-refractivity contribution in [2.24, 2.45) is 4.99 Å². The zero-order valence-electron chi connectivity index (χ0n) is 7.30. The maximum absolute atomic E-state index is 5.73. The zero-order chi connectivity index (χ0) is 11.5. The third kappa shape index (κ3) is 4.01. The van der Waals surface area contributed by atoms with Crippen molar-refractivity contribution in [1.29, 1.82) is 0 Å². The van der Waals surface area contributed by atoms with Gasteiger partial charge in [-0.15, -0.1) is 0 Å². The van der Waals surface area contributed by atoms with Gasteiger partial charge in [0.05, 0.1) is 0 Å². The third-order valence-electron chi connectivity index (χ3n) is 1.52. The SMILES string of the molecule is ClC(Cl)(Cl)C(Cl)(Cl)/N=C/c1ccccc1. The summed E-state index contributed by atoms with van der Waals surface area (Å²) in [5.41, 5.74) is 0.817. The minimum atomic E-state index is -1.87. The minimum absolute atomic E-state index is 0.817. The van der Waals surface area contributed by atoms with Crippen LogP contribution in [0.3, 0.4) is 0 Å². The molecule has 0 saturated heterocycles. The molecule has 0 fully saturated rings. The Morgan fingerprint density at radius 2 is 1.47 bits per heavy atom. The Balaban J connectivity index is 2.83. The van der Waals surface area contributed by atoms with Crippen molar-refractivity contribution in [1.82, 2.24) is 0 Å². The van der Waals surface area contributed by atoms with Crippen LogP contribution in [-0.4, -0.2) is 14.5 Å². The summed E-state index contributed by atoms with van der Waals surface area (Å²) in [7, 11) is 0. The molecule has 0 aliphatic heterocycles. The van der Waals surface area contributed by atoms with E-state index in [1.165, 1.54) is 6.21 Å². The lowest BCUT2D eigenvalue weighted by Crippen LogP contribution is -2.28. The molecule has 1 nitrogen and oxygen atoms in total. The Morgan fingerprint density at radius 3 is 1.93 bits per heavy atom. The van der Waals surface area contributed by atoms with E-state index in [2.05, 4.69) is 4.99 Å². The van der Waals surface area contributed by atoms with Gasteiger partial charge < -0.3 is 0 Å². The highest BCUT2D eigenvalue weighted by molar-refractivity contribution is 6.75. The quantitative estimate of drug-likeness (QED) is 0.430. The van der Waals surface area contributed by atoms with Gasteiger partial charge in [-0.1, -0.05) is 88.3 Å². The molecule has 0 N–H and O–H groups in total. The molecule has 1 aromatic rings. The van der Waals surface area contributed by atoms with Gasteiger partial charge in [0.25, 0.3) is 4.46 Å². The second-order valence-corrected chi connectivity index (χ2v) is 6.28. The minimum Gasteiger partial charge on any atom is -0.250 e. The normalized spacial score (nSPS) is 13.4. The van der Waals surface area contributed by atoms with E-state index in [-0.39, 0.29) is 0 Å². The smallest absolute Gasteiger partial charge is 0.250 e. The molecule has 0 spiro atoms. The van der Waals surface area contributed by atoms with Crippen molar-refractivity contribution in [3.63, 3.8) is 0 Å². The van der Waals surface area contributed by atoms with Crippen LogP contribution in [0.5, 0.6) is 0 Å².